The van der Waals surface area contributed by atoms with Crippen LogP contribution in [0.25, 0.3) is 11.2 Å². The molecule has 29 heavy (non-hydrogen) atoms. The van der Waals surface area contributed by atoms with Crippen LogP contribution in [0.15, 0.2) is 39.9 Å². The second-order valence-electron chi connectivity index (χ2n) is 8.42. The van der Waals surface area contributed by atoms with Gasteiger partial charge in [-0.3, -0.25) is 13.9 Å². The van der Waals surface area contributed by atoms with Gasteiger partial charge in [0.2, 0.25) is 0 Å². The Morgan fingerprint density at radius 2 is 1.90 bits per heavy atom. The zero-order valence-corrected chi connectivity index (χ0v) is 17.5. The van der Waals surface area contributed by atoms with E-state index in [4.69, 9.17) is 4.98 Å². The largest absolute Gasteiger partial charge is 0.332 e. The quantitative estimate of drug-likeness (QED) is 0.683. The molecule has 7 nitrogen and oxygen atoms in total. The number of aromatic nitrogens is 4. The van der Waals surface area contributed by atoms with Crippen LogP contribution < -0.4 is 16.1 Å². The van der Waals surface area contributed by atoms with Gasteiger partial charge in [-0.05, 0) is 24.8 Å². The maximum atomic E-state index is 13.0. The van der Waals surface area contributed by atoms with Crippen molar-refractivity contribution in [2.45, 2.75) is 39.3 Å². The molecule has 2 atom stereocenters. The molecule has 2 aromatic heterocycles. The highest BCUT2D eigenvalue weighted by atomic mass is 16.2. The molecular formula is C22H30N5O2+. The summed E-state index contributed by atoms with van der Waals surface area (Å²) in [6.07, 6.45) is 3.32. The molecule has 1 fully saturated rings. The van der Waals surface area contributed by atoms with Gasteiger partial charge in [0.1, 0.15) is 6.54 Å². The lowest BCUT2D eigenvalue weighted by molar-refractivity contribution is -0.922. The third kappa shape index (κ3) is 3.79. The predicted molar refractivity (Wildman–Crippen MR) is 113 cm³/mol. The number of benzene rings is 1. The van der Waals surface area contributed by atoms with Crippen LogP contribution in [0, 0.1) is 5.92 Å². The topological polar surface area (TPSA) is 66.3 Å². The lowest BCUT2D eigenvalue weighted by Gasteiger charge is -2.27. The molecule has 3 aromatic rings. The van der Waals surface area contributed by atoms with Gasteiger partial charge in [0.15, 0.2) is 17.0 Å². The first-order valence-corrected chi connectivity index (χ1v) is 10.5. The summed E-state index contributed by atoms with van der Waals surface area (Å²) in [5.41, 5.74) is 1.65. The summed E-state index contributed by atoms with van der Waals surface area (Å²) in [7, 11) is 3.23. The first-order valence-electron chi connectivity index (χ1n) is 10.5. The van der Waals surface area contributed by atoms with Gasteiger partial charge in [-0.1, -0.05) is 37.3 Å². The van der Waals surface area contributed by atoms with E-state index in [2.05, 4.69) is 23.6 Å². The van der Waals surface area contributed by atoms with Crippen LogP contribution in [0.4, 0.5) is 0 Å². The van der Waals surface area contributed by atoms with E-state index < -0.39 is 0 Å². The molecule has 0 saturated carbocycles. The molecular weight excluding hydrogens is 366 g/mol. The summed E-state index contributed by atoms with van der Waals surface area (Å²) in [5.74, 6) is 1.61. The van der Waals surface area contributed by atoms with Crippen LogP contribution in [-0.4, -0.2) is 31.8 Å². The highest BCUT2D eigenvalue weighted by Crippen LogP contribution is 2.13. The highest BCUT2D eigenvalue weighted by molar-refractivity contribution is 5.71. The third-order valence-corrected chi connectivity index (χ3v) is 6.17. The van der Waals surface area contributed by atoms with E-state index in [1.54, 1.807) is 7.05 Å². The molecule has 0 spiro atoms. The van der Waals surface area contributed by atoms with E-state index in [1.807, 2.05) is 18.2 Å². The maximum Gasteiger partial charge on any atom is 0.332 e. The minimum absolute atomic E-state index is 0.267. The smallest absolute Gasteiger partial charge is 0.328 e. The summed E-state index contributed by atoms with van der Waals surface area (Å²) < 4.78 is 4.73. The molecule has 7 heteroatoms. The van der Waals surface area contributed by atoms with Gasteiger partial charge in [0.25, 0.3) is 5.56 Å². The SMILES string of the molecule is C[C@@H]1CCC[NH+](Cc2nc3c(c(=O)n(C)c(=O)n3C)n2CCc2ccccc2)C1. The van der Waals surface area contributed by atoms with E-state index >= 15 is 0 Å². The number of hydrogen-bond donors (Lipinski definition) is 1. The first-order chi connectivity index (χ1) is 14.0. The van der Waals surface area contributed by atoms with Crippen LogP contribution in [0.3, 0.4) is 0 Å². The van der Waals surface area contributed by atoms with Gasteiger partial charge in [0, 0.05) is 26.6 Å². The number of nitrogens with zero attached hydrogens (tertiary/aromatic N) is 4. The maximum absolute atomic E-state index is 13.0. The molecule has 154 valence electrons. The number of nitrogens with one attached hydrogen (secondary N) is 1. The van der Waals surface area contributed by atoms with Crippen LogP contribution in [-0.2, 0) is 33.6 Å². The molecule has 1 unspecified atom stereocenters. The highest BCUT2D eigenvalue weighted by Gasteiger charge is 2.25. The molecule has 0 radical (unpaired) electrons. The fraction of sp³-hybridized carbons (Fsp3) is 0.500. The Balaban J connectivity index is 1.78. The summed E-state index contributed by atoms with van der Waals surface area (Å²) in [5, 5.41) is 0. The molecule has 3 heterocycles. The molecule has 0 aliphatic carbocycles. The van der Waals surface area contributed by atoms with Gasteiger partial charge < -0.3 is 9.47 Å². The molecule has 1 aliphatic heterocycles. The Hall–Kier alpha value is -2.67. The van der Waals surface area contributed by atoms with E-state index in [9.17, 15) is 9.59 Å². The first kappa shape index (κ1) is 19.6. The monoisotopic (exact) mass is 396 g/mol. The summed E-state index contributed by atoms with van der Waals surface area (Å²) in [6, 6.07) is 10.3. The number of rotatable bonds is 5. The number of likely N-dealkylation sites (tertiary alicyclic amines) is 1. The number of imidazole rings is 1. The molecule has 1 aromatic carbocycles. The van der Waals surface area contributed by atoms with E-state index in [-0.39, 0.29) is 11.2 Å². The molecule has 0 amide bonds. The Morgan fingerprint density at radius 3 is 2.62 bits per heavy atom. The molecule has 1 N–H and O–H groups in total. The molecule has 4 rings (SSSR count). The van der Waals surface area contributed by atoms with Crippen LogP contribution in [0.2, 0.25) is 0 Å². The number of fused-ring (bicyclic) bond motifs is 1. The van der Waals surface area contributed by atoms with Crippen molar-refractivity contribution in [2.75, 3.05) is 13.1 Å². The van der Waals surface area contributed by atoms with Gasteiger partial charge in [0.05, 0.1) is 13.1 Å². The fourth-order valence-electron chi connectivity index (χ4n) is 4.53. The van der Waals surface area contributed by atoms with Crippen LogP contribution in [0.1, 0.15) is 31.2 Å². The molecule has 1 aliphatic rings. The predicted octanol–water partition coefficient (Wildman–Crippen LogP) is 0.491. The Morgan fingerprint density at radius 1 is 1.14 bits per heavy atom. The number of quaternary nitrogens is 1. The van der Waals surface area contributed by atoms with Crippen LogP contribution >= 0.6 is 0 Å². The van der Waals surface area contributed by atoms with Crippen molar-refractivity contribution >= 4 is 11.2 Å². The van der Waals surface area contributed by atoms with Crippen molar-refractivity contribution in [3.8, 4) is 0 Å². The Labute approximate surface area is 170 Å². The van der Waals surface area contributed by atoms with Crippen molar-refractivity contribution in [1.82, 2.24) is 18.7 Å². The standard InChI is InChI=1S/C22H29N5O2/c1-16-8-7-12-26(14-16)15-18-23-20-19(21(28)25(3)22(29)24(20)2)27(18)13-11-17-9-5-4-6-10-17/h4-6,9-10,16H,7-8,11-15H2,1-3H3/p+1/t16-/m1/s1. The number of aryl methyl sites for hydroxylation is 3. The zero-order chi connectivity index (χ0) is 20.5. The van der Waals surface area contributed by atoms with Gasteiger partial charge in [-0.25, -0.2) is 9.78 Å². The van der Waals surface area contributed by atoms with Gasteiger partial charge in [-0.2, -0.15) is 0 Å². The lowest BCUT2D eigenvalue weighted by Crippen LogP contribution is -3.12. The molecule has 0 bridgehead atoms. The van der Waals surface area contributed by atoms with E-state index in [0.29, 0.717) is 23.6 Å². The van der Waals surface area contributed by atoms with Crippen molar-refractivity contribution in [2.24, 2.45) is 20.0 Å². The van der Waals surface area contributed by atoms with Gasteiger partial charge in [-0.15, -0.1) is 0 Å². The Bertz CT molecular complexity index is 1130. The normalized spacial score (nSPS) is 19.7. The van der Waals surface area contributed by atoms with Crippen molar-refractivity contribution in [3.05, 3.63) is 62.6 Å². The zero-order valence-electron chi connectivity index (χ0n) is 17.5. The average Bonchev–Trinajstić information content (AvgIpc) is 3.08. The Kier molecular flexibility index (Phi) is 5.41. The van der Waals surface area contributed by atoms with Crippen molar-refractivity contribution < 1.29 is 4.90 Å². The minimum Gasteiger partial charge on any atom is -0.328 e. The number of piperidine rings is 1. The summed E-state index contributed by atoms with van der Waals surface area (Å²) in [6.45, 7) is 6.01. The van der Waals surface area contributed by atoms with E-state index in [1.165, 1.54) is 39.5 Å². The lowest BCUT2D eigenvalue weighted by atomic mass is 10.0. The molecule has 1 saturated heterocycles. The fourth-order valence-corrected chi connectivity index (χ4v) is 4.53. The van der Waals surface area contributed by atoms with Crippen molar-refractivity contribution in [1.29, 1.82) is 0 Å². The number of hydrogen-bond acceptors (Lipinski definition) is 3. The second-order valence-corrected chi connectivity index (χ2v) is 8.42. The second kappa shape index (κ2) is 7.99. The van der Waals surface area contributed by atoms with Crippen molar-refractivity contribution in [3.63, 3.8) is 0 Å². The summed E-state index contributed by atoms with van der Waals surface area (Å²) in [4.78, 5) is 31.7. The average molecular weight is 397 g/mol. The third-order valence-electron chi connectivity index (χ3n) is 6.17. The van der Waals surface area contributed by atoms with Gasteiger partial charge >= 0.3 is 5.69 Å². The summed E-state index contributed by atoms with van der Waals surface area (Å²) >= 11 is 0. The minimum atomic E-state index is -0.333. The van der Waals surface area contributed by atoms with E-state index in [0.717, 1.165) is 31.9 Å². The van der Waals surface area contributed by atoms with Crippen LogP contribution in [0.5, 0.6) is 0 Å².